The SMILES string of the molecule is COc1nccc2c1C(c1cc(C(=O)NC3COC3)n(C(C)C)c1)=NC2. The Morgan fingerprint density at radius 3 is 2.88 bits per heavy atom. The molecular formula is C19H22N4O3. The van der Waals surface area contributed by atoms with Crippen LogP contribution in [0.2, 0.25) is 0 Å². The maximum Gasteiger partial charge on any atom is 0.268 e. The minimum atomic E-state index is -0.0878. The molecule has 1 amide bonds. The van der Waals surface area contributed by atoms with E-state index in [1.807, 2.05) is 22.9 Å². The predicted molar refractivity (Wildman–Crippen MR) is 97.0 cm³/mol. The summed E-state index contributed by atoms with van der Waals surface area (Å²) in [5.74, 6) is 0.476. The molecule has 0 atom stereocenters. The first-order valence-corrected chi connectivity index (χ1v) is 8.76. The first-order valence-electron chi connectivity index (χ1n) is 8.76. The van der Waals surface area contributed by atoms with Crippen LogP contribution < -0.4 is 10.1 Å². The van der Waals surface area contributed by atoms with Gasteiger partial charge in [0.25, 0.3) is 5.91 Å². The number of methoxy groups -OCH3 is 1. The van der Waals surface area contributed by atoms with Crippen molar-refractivity contribution in [3.63, 3.8) is 0 Å². The van der Waals surface area contributed by atoms with Crippen molar-refractivity contribution in [3.05, 3.63) is 46.9 Å². The van der Waals surface area contributed by atoms with Crippen LogP contribution in [0.4, 0.5) is 0 Å². The molecule has 1 N–H and O–H groups in total. The largest absolute Gasteiger partial charge is 0.480 e. The summed E-state index contributed by atoms with van der Waals surface area (Å²) in [6.45, 7) is 5.85. The van der Waals surface area contributed by atoms with Gasteiger partial charge < -0.3 is 19.4 Å². The normalized spacial score (nSPS) is 16.2. The van der Waals surface area contributed by atoms with E-state index in [1.54, 1.807) is 13.3 Å². The van der Waals surface area contributed by atoms with Gasteiger partial charge in [-0.25, -0.2) is 4.98 Å². The van der Waals surface area contributed by atoms with Gasteiger partial charge in [0.15, 0.2) is 0 Å². The first-order chi connectivity index (χ1) is 12.6. The van der Waals surface area contributed by atoms with Crippen molar-refractivity contribution in [2.45, 2.75) is 32.5 Å². The van der Waals surface area contributed by atoms with E-state index < -0.39 is 0 Å². The lowest BCUT2D eigenvalue weighted by molar-refractivity contribution is -0.00363. The zero-order valence-corrected chi connectivity index (χ0v) is 15.2. The Hall–Kier alpha value is -2.67. The molecule has 1 saturated heterocycles. The highest BCUT2D eigenvalue weighted by molar-refractivity contribution is 6.17. The molecule has 0 saturated carbocycles. The zero-order chi connectivity index (χ0) is 18.3. The number of aromatic nitrogens is 2. The molecule has 26 heavy (non-hydrogen) atoms. The molecule has 7 nitrogen and oxygen atoms in total. The Labute approximate surface area is 152 Å². The van der Waals surface area contributed by atoms with Crippen molar-refractivity contribution in [2.24, 2.45) is 4.99 Å². The maximum atomic E-state index is 12.7. The summed E-state index contributed by atoms with van der Waals surface area (Å²) >= 11 is 0. The Kier molecular flexibility index (Phi) is 4.24. The number of rotatable bonds is 5. The van der Waals surface area contributed by atoms with Crippen LogP contribution in [0.25, 0.3) is 0 Å². The van der Waals surface area contributed by atoms with E-state index in [4.69, 9.17) is 9.47 Å². The summed E-state index contributed by atoms with van der Waals surface area (Å²) in [5, 5.41) is 3.01. The minimum Gasteiger partial charge on any atom is -0.480 e. The standard InChI is InChI=1S/C19H22N4O3/c1-11(2)23-8-13(6-15(23)18(24)22-14-9-26-10-14)17-16-12(7-21-17)4-5-20-19(16)25-3/h4-6,8,11,14H,7,9-10H2,1-3H3,(H,22,24). The monoisotopic (exact) mass is 354 g/mol. The van der Waals surface area contributed by atoms with Crippen LogP contribution in [0.5, 0.6) is 5.88 Å². The Morgan fingerprint density at radius 1 is 1.42 bits per heavy atom. The maximum absolute atomic E-state index is 12.7. The summed E-state index contributed by atoms with van der Waals surface area (Å²) in [6, 6.07) is 4.10. The highest BCUT2D eigenvalue weighted by Gasteiger charge is 2.27. The molecule has 1 fully saturated rings. The lowest BCUT2D eigenvalue weighted by Gasteiger charge is -2.27. The second-order valence-electron chi connectivity index (χ2n) is 6.84. The fourth-order valence-electron chi connectivity index (χ4n) is 3.30. The van der Waals surface area contributed by atoms with E-state index >= 15 is 0 Å². The van der Waals surface area contributed by atoms with Gasteiger partial charge in [-0.1, -0.05) is 0 Å². The molecule has 4 heterocycles. The van der Waals surface area contributed by atoms with Crippen LogP contribution in [0.15, 0.2) is 29.5 Å². The molecule has 0 spiro atoms. The van der Waals surface area contributed by atoms with E-state index in [2.05, 4.69) is 29.1 Å². The molecule has 0 unspecified atom stereocenters. The number of ether oxygens (including phenoxy) is 2. The quantitative estimate of drug-likeness (QED) is 0.890. The number of carbonyl (C=O) groups excluding carboxylic acids is 1. The number of amides is 1. The highest BCUT2D eigenvalue weighted by atomic mass is 16.5. The van der Waals surface area contributed by atoms with E-state index in [0.29, 0.717) is 31.3 Å². The van der Waals surface area contributed by atoms with Crippen LogP contribution in [-0.4, -0.2) is 47.5 Å². The predicted octanol–water partition coefficient (Wildman–Crippen LogP) is 1.95. The molecule has 4 rings (SSSR count). The lowest BCUT2D eigenvalue weighted by atomic mass is 10.0. The average molecular weight is 354 g/mol. The van der Waals surface area contributed by atoms with Gasteiger partial charge in [0.05, 0.1) is 44.2 Å². The fraction of sp³-hybridized carbons (Fsp3) is 0.421. The van der Waals surface area contributed by atoms with Crippen LogP contribution in [0.1, 0.15) is 47.1 Å². The van der Waals surface area contributed by atoms with Gasteiger partial charge in [-0.3, -0.25) is 9.79 Å². The number of hydrogen-bond donors (Lipinski definition) is 1. The minimum absolute atomic E-state index is 0.0878. The summed E-state index contributed by atoms with van der Waals surface area (Å²) in [4.78, 5) is 21.7. The van der Waals surface area contributed by atoms with E-state index in [1.165, 1.54) is 0 Å². The number of carbonyl (C=O) groups is 1. The van der Waals surface area contributed by atoms with Crippen molar-refractivity contribution in [1.29, 1.82) is 0 Å². The number of nitrogens with zero attached hydrogens (tertiary/aromatic N) is 3. The molecule has 0 aromatic carbocycles. The van der Waals surface area contributed by atoms with Crippen molar-refractivity contribution in [1.82, 2.24) is 14.9 Å². The molecule has 2 aromatic rings. The van der Waals surface area contributed by atoms with Crippen LogP contribution in [-0.2, 0) is 11.3 Å². The second kappa shape index (κ2) is 6.57. The molecule has 0 bridgehead atoms. The average Bonchev–Trinajstić information content (AvgIpc) is 3.21. The van der Waals surface area contributed by atoms with Gasteiger partial charge in [-0.05, 0) is 31.5 Å². The van der Waals surface area contributed by atoms with Crippen molar-refractivity contribution in [3.8, 4) is 5.88 Å². The molecule has 136 valence electrons. The third kappa shape index (κ3) is 2.78. The Bertz CT molecular complexity index is 881. The van der Waals surface area contributed by atoms with E-state index in [-0.39, 0.29) is 18.0 Å². The van der Waals surface area contributed by atoms with Crippen LogP contribution >= 0.6 is 0 Å². The Balaban J connectivity index is 1.71. The van der Waals surface area contributed by atoms with Gasteiger partial charge in [0, 0.05) is 24.0 Å². The third-order valence-corrected chi connectivity index (χ3v) is 4.72. The van der Waals surface area contributed by atoms with E-state index in [9.17, 15) is 4.79 Å². The van der Waals surface area contributed by atoms with Gasteiger partial charge in [-0.2, -0.15) is 0 Å². The summed E-state index contributed by atoms with van der Waals surface area (Å²) in [5.41, 5.74) is 4.35. The molecule has 2 aliphatic heterocycles. The number of aliphatic imine (C=N–C) groups is 1. The van der Waals surface area contributed by atoms with Gasteiger partial charge in [0.2, 0.25) is 5.88 Å². The topological polar surface area (TPSA) is 77.7 Å². The number of hydrogen-bond acceptors (Lipinski definition) is 5. The molecule has 0 aliphatic carbocycles. The van der Waals surface area contributed by atoms with E-state index in [0.717, 1.165) is 22.4 Å². The van der Waals surface area contributed by atoms with Crippen LogP contribution in [0.3, 0.4) is 0 Å². The fourth-order valence-corrected chi connectivity index (χ4v) is 3.30. The zero-order valence-electron chi connectivity index (χ0n) is 15.2. The molecule has 2 aromatic heterocycles. The van der Waals surface area contributed by atoms with Gasteiger partial charge in [-0.15, -0.1) is 0 Å². The van der Waals surface area contributed by atoms with Gasteiger partial charge in [0.1, 0.15) is 5.69 Å². The molecule has 0 radical (unpaired) electrons. The number of fused-ring (bicyclic) bond motifs is 1. The smallest absolute Gasteiger partial charge is 0.268 e. The van der Waals surface area contributed by atoms with Crippen LogP contribution in [0, 0.1) is 0 Å². The summed E-state index contributed by atoms with van der Waals surface area (Å²) in [6.07, 6.45) is 3.71. The Morgan fingerprint density at radius 2 is 2.23 bits per heavy atom. The number of nitrogens with one attached hydrogen (secondary N) is 1. The lowest BCUT2D eigenvalue weighted by Crippen LogP contribution is -2.49. The molecule has 2 aliphatic rings. The highest BCUT2D eigenvalue weighted by Crippen LogP contribution is 2.30. The van der Waals surface area contributed by atoms with Crippen molar-refractivity contribution >= 4 is 11.6 Å². The van der Waals surface area contributed by atoms with Crippen molar-refractivity contribution in [2.75, 3.05) is 20.3 Å². The summed E-state index contributed by atoms with van der Waals surface area (Å²) in [7, 11) is 1.61. The third-order valence-electron chi connectivity index (χ3n) is 4.72. The first kappa shape index (κ1) is 16.8. The number of pyridine rings is 1. The van der Waals surface area contributed by atoms with Crippen molar-refractivity contribution < 1.29 is 14.3 Å². The molecular weight excluding hydrogens is 332 g/mol. The molecule has 7 heteroatoms. The summed E-state index contributed by atoms with van der Waals surface area (Å²) < 4.78 is 12.5. The van der Waals surface area contributed by atoms with Gasteiger partial charge >= 0.3 is 0 Å². The second-order valence-corrected chi connectivity index (χ2v) is 6.84.